The van der Waals surface area contributed by atoms with Crippen LogP contribution in [0.5, 0.6) is 0 Å². The summed E-state index contributed by atoms with van der Waals surface area (Å²) in [5.41, 5.74) is 0.898. The number of carbonyl (C=O) groups excluding carboxylic acids is 1. The second-order valence-corrected chi connectivity index (χ2v) is 5.35. The monoisotopic (exact) mass is 294 g/mol. The van der Waals surface area contributed by atoms with Gasteiger partial charge in [0.15, 0.2) is 0 Å². The molecule has 0 bridgehead atoms. The lowest BCUT2D eigenvalue weighted by Gasteiger charge is -2.18. The topological polar surface area (TPSA) is 45.8 Å². The predicted molar refractivity (Wildman–Crippen MR) is 74.5 cm³/mol. The average molecular weight is 295 g/mol. The van der Waals surface area contributed by atoms with Gasteiger partial charge in [0.25, 0.3) is 5.91 Å². The number of hydrogen-bond donors (Lipinski definition) is 0. The van der Waals surface area contributed by atoms with Crippen LogP contribution >= 0.6 is 22.9 Å². The van der Waals surface area contributed by atoms with Crippen molar-refractivity contribution in [3.8, 4) is 0 Å². The molecule has 19 heavy (non-hydrogen) atoms. The van der Waals surface area contributed by atoms with Crippen molar-refractivity contribution in [3.05, 3.63) is 46.5 Å². The van der Waals surface area contributed by atoms with E-state index in [0.29, 0.717) is 6.42 Å². The van der Waals surface area contributed by atoms with Crippen molar-refractivity contribution in [2.75, 3.05) is 5.88 Å². The highest BCUT2D eigenvalue weighted by Crippen LogP contribution is 2.33. The molecule has 1 aliphatic rings. The van der Waals surface area contributed by atoms with E-state index in [1.165, 1.54) is 5.01 Å². The van der Waals surface area contributed by atoms with Crippen molar-refractivity contribution in [2.24, 2.45) is 5.10 Å². The lowest BCUT2D eigenvalue weighted by molar-refractivity contribution is -0.130. The Bertz CT molecular complexity index is 592. The highest BCUT2D eigenvalue weighted by atomic mass is 35.5. The SMILES string of the molecule is O=C(CCl)N1N=C(c2cccs2)C[C@@H]1c1ccco1. The summed E-state index contributed by atoms with van der Waals surface area (Å²) < 4.78 is 5.40. The molecule has 1 atom stereocenters. The Balaban J connectivity index is 1.93. The third-order valence-electron chi connectivity index (χ3n) is 2.96. The highest BCUT2D eigenvalue weighted by Gasteiger charge is 2.34. The Hall–Kier alpha value is -1.59. The Kier molecular flexibility index (Phi) is 3.40. The maximum atomic E-state index is 11.9. The summed E-state index contributed by atoms with van der Waals surface area (Å²) >= 11 is 7.25. The van der Waals surface area contributed by atoms with Gasteiger partial charge in [-0.2, -0.15) is 5.10 Å². The molecule has 2 aromatic rings. The fraction of sp³-hybridized carbons (Fsp3) is 0.231. The molecule has 4 nitrogen and oxygen atoms in total. The van der Waals surface area contributed by atoms with Crippen molar-refractivity contribution in [1.82, 2.24) is 5.01 Å². The number of carbonyl (C=O) groups is 1. The zero-order valence-electron chi connectivity index (χ0n) is 9.95. The fourth-order valence-electron chi connectivity index (χ4n) is 2.10. The molecular formula is C13H11ClN2O2S. The molecule has 0 N–H and O–H groups in total. The largest absolute Gasteiger partial charge is 0.467 e. The maximum absolute atomic E-state index is 11.9. The van der Waals surface area contributed by atoms with Crippen molar-refractivity contribution in [1.29, 1.82) is 0 Å². The molecule has 0 saturated heterocycles. The van der Waals surface area contributed by atoms with Crippen LogP contribution in [-0.2, 0) is 4.79 Å². The first kappa shape index (κ1) is 12.4. The Labute approximate surface area is 119 Å². The molecule has 1 amide bonds. The van der Waals surface area contributed by atoms with Crippen LogP contribution in [0.1, 0.15) is 23.1 Å². The van der Waals surface area contributed by atoms with E-state index >= 15 is 0 Å². The molecule has 0 fully saturated rings. The van der Waals surface area contributed by atoms with Gasteiger partial charge in [-0.15, -0.1) is 22.9 Å². The zero-order valence-corrected chi connectivity index (χ0v) is 11.5. The molecule has 0 aliphatic carbocycles. The quantitative estimate of drug-likeness (QED) is 0.816. The number of rotatable bonds is 3. The minimum Gasteiger partial charge on any atom is -0.467 e. The van der Waals surface area contributed by atoms with Crippen LogP contribution in [0.15, 0.2) is 45.4 Å². The molecule has 3 rings (SSSR count). The van der Waals surface area contributed by atoms with Crippen molar-refractivity contribution >= 4 is 34.6 Å². The van der Waals surface area contributed by atoms with Crippen LogP contribution < -0.4 is 0 Å². The molecule has 0 spiro atoms. The molecule has 0 radical (unpaired) electrons. The van der Waals surface area contributed by atoms with Gasteiger partial charge in [0.05, 0.1) is 16.9 Å². The Morgan fingerprint density at radius 2 is 2.42 bits per heavy atom. The van der Waals surface area contributed by atoms with E-state index in [-0.39, 0.29) is 17.8 Å². The zero-order chi connectivity index (χ0) is 13.2. The number of amides is 1. The minimum absolute atomic E-state index is 0.0849. The van der Waals surface area contributed by atoms with E-state index < -0.39 is 0 Å². The predicted octanol–water partition coefficient (Wildman–Crippen LogP) is 3.26. The van der Waals surface area contributed by atoms with Crippen LogP contribution in [0, 0.1) is 0 Å². The minimum atomic E-state index is -0.213. The average Bonchev–Trinajstić information content (AvgIpc) is 3.14. The van der Waals surface area contributed by atoms with Crippen LogP contribution in [0.4, 0.5) is 0 Å². The van der Waals surface area contributed by atoms with Gasteiger partial charge >= 0.3 is 0 Å². The van der Waals surface area contributed by atoms with Crippen molar-refractivity contribution in [3.63, 3.8) is 0 Å². The van der Waals surface area contributed by atoms with Gasteiger partial charge in [-0.1, -0.05) is 6.07 Å². The molecule has 0 aromatic carbocycles. The van der Waals surface area contributed by atoms with Gasteiger partial charge in [0.2, 0.25) is 0 Å². The number of furan rings is 1. The smallest absolute Gasteiger partial charge is 0.258 e. The Morgan fingerprint density at radius 3 is 3.05 bits per heavy atom. The first-order valence-corrected chi connectivity index (χ1v) is 7.24. The number of halogens is 1. The van der Waals surface area contributed by atoms with Gasteiger partial charge in [-0.05, 0) is 23.6 Å². The van der Waals surface area contributed by atoms with Crippen LogP contribution in [-0.4, -0.2) is 22.5 Å². The molecule has 0 unspecified atom stereocenters. The molecule has 6 heteroatoms. The lowest BCUT2D eigenvalue weighted by Crippen LogP contribution is -2.27. The summed E-state index contributed by atoms with van der Waals surface area (Å²) in [6, 6.07) is 7.43. The number of nitrogens with zero attached hydrogens (tertiary/aromatic N) is 2. The van der Waals surface area contributed by atoms with E-state index in [1.807, 2.05) is 29.6 Å². The molecule has 3 heterocycles. The normalized spacial score (nSPS) is 18.7. The van der Waals surface area contributed by atoms with E-state index in [2.05, 4.69) is 5.10 Å². The first-order valence-electron chi connectivity index (χ1n) is 5.82. The summed E-state index contributed by atoms with van der Waals surface area (Å²) in [6.45, 7) is 0. The van der Waals surface area contributed by atoms with Crippen molar-refractivity contribution < 1.29 is 9.21 Å². The van der Waals surface area contributed by atoms with Crippen LogP contribution in [0.25, 0.3) is 0 Å². The second-order valence-electron chi connectivity index (χ2n) is 4.13. The molecule has 0 saturated carbocycles. The number of thiophene rings is 1. The lowest BCUT2D eigenvalue weighted by atomic mass is 10.1. The van der Waals surface area contributed by atoms with Gasteiger partial charge < -0.3 is 4.42 Å². The van der Waals surface area contributed by atoms with Gasteiger partial charge in [-0.3, -0.25) is 4.79 Å². The third-order valence-corrected chi connectivity index (χ3v) is 4.10. The van der Waals surface area contributed by atoms with Crippen LogP contribution in [0.2, 0.25) is 0 Å². The third kappa shape index (κ3) is 2.31. The first-order chi connectivity index (χ1) is 9.29. The molecular weight excluding hydrogens is 284 g/mol. The Morgan fingerprint density at radius 1 is 1.53 bits per heavy atom. The summed E-state index contributed by atoms with van der Waals surface area (Å²) in [4.78, 5) is 13.0. The molecule has 2 aromatic heterocycles. The second kappa shape index (κ2) is 5.19. The number of alkyl halides is 1. The van der Waals surface area contributed by atoms with Crippen LogP contribution in [0.3, 0.4) is 0 Å². The van der Waals surface area contributed by atoms with Gasteiger partial charge in [0.1, 0.15) is 17.7 Å². The maximum Gasteiger partial charge on any atom is 0.258 e. The summed E-state index contributed by atoms with van der Waals surface area (Å²) in [7, 11) is 0. The molecule has 1 aliphatic heterocycles. The van der Waals surface area contributed by atoms with E-state index in [4.69, 9.17) is 16.0 Å². The fourth-order valence-corrected chi connectivity index (χ4v) is 2.94. The summed E-state index contributed by atoms with van der Waals surface area (Å²) in [5, 5.41) is 7.83. The summed E-state index contributed by atoms with van der Waals surface area (Å²) in [5.74, 6) is 0.432. The summed E-state index contributed by atoms with van der Waals surface area (Å²) in [6.07, 6.45) is 2.25. The van der Waals surface area contributed by atoms with E-state index in [0.717, 1.165) is 16.3 Å². The van der Waals surface area contributed by atoms with Gasteiger partial charge in [0, 0.05) is 6.42 Å². The van der Waals surface area contributed by atoms with Crippen molar-refractivity contribution in [2.45, 2.75) is 12.5 Å². The molecule has 98 valence electrons. The van der Waals surface area contributed by atoms with E-state index in [9.17, 15) is 4.79 Å². The van der Waals surface area contributed by atoms with Gasteiger partial charge in [-0.25, -0.2) is 5.01 Å². The number of hydrogen-bond acceptors (Lipinski definition) is 4. The standard InChI is InChI=1S/C13H11ClN2O2S/c14-8-13(17)16-10(11-3-1-5-18-11)7-9(15-16)12-4-2-6-19-12/h1-6,10H,7-8H2/t10-/m1/s1. The number of hydrazone groups is 1. The highest BCUT2D eigenvalue weighted by molar-refractivity contribution is 7.12. The van der Waals surface area contributed by atoms with E-state index in [1.54, 1.807) is 17.6 Å².